The van der Waals surface area contributed by atoms with Crippen molar-refractivity contribution < 1.29 is 39.2 Å². The van der Waals surface area contributed by atoms with Crippen LogP contribution in [0.1, 0.15) is 67.7 Å². The highest BCUT2D eigenvalue weighted by atomic mass is 16.7. The number of hydrogen-bond donors (Lipinski definition) is 3. The number of carbonyl (C=O) groups excluding carboxylic acids is 1. The van der Waals surface area contributed by atoms with Gasteiger partial charge in [0.15, 0.2) is 11.5 Å². The summed E-state index contributed by atoms with van der Waals surface area (Å²) in [5.41, 5.74) is 3.18. The van der Waals surface area contributed by atoms with Gasteiger partial charge in [0.1, 0.15) is 0 Å². The van der Waals surface area contributed by atoms with Crippen molar-refractivity contribution in [2.24, 2.45) is 5.92 Å². The van der Waals surface area contributed by atoms with Crippen LogP contribution in [0.2, 0.25) is 0 Å². The quantitative estimate of drug-likeness (QED) is 0.276. The Morgan fingerprint density at radius 1 is 1.05 bits per heavy atom. The van der Waals surface area contributed by atoms with Gasteiger partial charge in [0.2, 0.25) is 6.79 Å². The summed E-state index contributed by atoms with van der Waals surface area (Å²) >= 11 is 0. The van der Waals surface area contributed by atoms with Crippen molar-refractivity contribution in [3.8, 4) is 11.5 Å². The van der Waals surface area contributed by atoms with Gasteiger partial charge in [-0.15, -0.1) is 0 Å². The molecule has 3 atom stereocenters. The Bertz CT molecular complexity index is 1190. The summed E-state index contributed by atoms with van der Waals surface area (Å²) in [6.45, 7) is 4.98. The number of fused-ring (bicyclic) bond motifs is 1. The lowest BCUT2D eigenvalue weighted by atomic mass is 9.82. The second-order valence-corrected chi connectivity index (χ2v) is 10.7. The molecule has 0 aromatic heterocycles. The van der Waals surface area contributed by atoms with Crippen LogP contribution in [0.15, 0.2) is 36.4 Å². The predicted molar refractivity (Wildman–Crippen MR) is 151 cm³/mol. The molecule has 1 saturated heterocycles. The molecule has 0 aliphatic carbocycles. The average Bonchev–Trinajstić information content (AvgIpc) is 3.60. The lowest BCUT2D eigenvalue weighted by Gasteiger charge is -2.29. The van der Waals surface area contributed by atoms with Gasteiger partial charge in [-0.3, -0.25) is 19.3 Å². The first-order valence-corrected chi connectivity index (χ1v) is 14.5. The van der Waals surface area contributed by atoms with Crippen LogP contribution in [0.4, 0.5) is 0 Å². The molecule has 1 amide bonds. The Kier molecular flexibility index (Phi) is 11.0. The van der Waals surface area contributed by atoms with Crippen molar-refractivity contribution in [1.29, 1.82) is 0 Å². The SMILES string of the molecule is CCCON(CCC)C(=O)CN1C[C@H](c2cc(CO)c3c(c2)OCO3)[C@@H](C(=O)O)[C@@H]1CCCc1ccccc1CO. The van der Waals surface area contributed by atoms with E-state index in [1.54, 1.807) is 12.1 Å². The van der Waals surface area contributed by atoms with Crippen molar-refractivity contribution in [3.05, 3.63) is 58.7 Å². The molecule has 0 unspecified atom stereocenters. The molecule has 10 nitrogen and oxygen atoms in total. The minimum absolute atomic E-state index is 0.0410. The fourth-order valence-electron chi connectivity index (χ4n) is 6.00. The summed E-state index contributed by atoms with van der Waals surface area (Å²) in [5.74, 6) is -1.35. The smallest absolute Gasteiger partial charge is 0.308 e. The molecule has 0 radical (unpaired) electrons. The average molecular weight is 571 g/mol. The minimum atomic E-state index is -0.929. The van der Waals surface area contributed by atoms with Gasteiger partial charge in [0.25, 0.3) is 5.91 Å². The first-order chi connectivity index (χ1) is 19.9. The lowest BCUT2D eigenvalue weighted by Crippen LogP contribution is -2.44. The number of nitrogens with zero attached hydrogens (tertiary/aromatic N) is 2. The molecule has 1 fully saturated rings. The Balaban J connectivity index is 1.62. The van der Waals surface area contributed by atoms with Gasteiger partial charge >= 0.3 is 5.97 Å². The van der Waals surface area contributed by atoms with Crippen molar-refractivity contribution in [2.75, 3.05) is 33.0 Å². The molecule has 2 aliphatic rings. The van der Waals surface area contributed by atoms with Crippen molar-refractivity contribution in [1.82, 2.24) is 9.96 Å². The molecule has 3 N–H and O–H groups in total. The number of amides is 1. The number of ether oxygens (including phenoxy) is 2. The van der Waals surface area contributed by atoms with E-state index in [-0.39, 0.29) is 32.5 Å². The Morgan fingerprint density at radius 3 is 2.49 bits per heavy atom. The maximum atomic E-state index is 13.4. The third-order valence-electron chi connectivity index (χ3n) is 7.93. The van der Waals surface area contributed by atoms with Crippen LogP contribution in [0, 0.1) is 5.92 Å². The summed E-state index contributed by atoms with van der Waals surface area (Å²) in [5, 5.41) is 31.6. The lowest BCUT2D eigenvalue weighted by molar-refractivity contribution is -0.188. The van der Waals surface area contributed by atoms with Crippen molar-refractivity contribution >= 4 is 11.9 Å². The summed E-state index contributed by atoms with van der Waals surface area (Å²) in [4.78, 5) is 34.0. The third kappa shape index (κ3) is 7.19. The maximum Gasteiger partial charge on any atom is 0.308 e. The fourth-order valence-corrected chi connectivity index (χ4v) is 6.00. The number of benzene rings is 2. The van der Waals surface area contributed by atoms with Crippen LogP contribution >= 0.6 is 0 Å². The van der Waals surface area contributed by atoms with Gasteiger partial charge in [-0.1, -0.05) is 38.1 Å². The summed E-state index contributed by atoms with van der Waals surface area (Å²) in [6, 6.07) is 10.9. The van der Waals surface area contributed by atoms with Crippen LogP contribution in [0.5, 0.6) is 11.5 Å². The number of aliphatic hydroxyl groups is 2. The zero-order valence-electron chi connectivity index (χ0n) is 24.0. The van der Waals surface area contributed by atoms with E-state index >= 15 is 0 Å². The molecule has 0 saturated carbocycles. The van der Waals surface area contributed by atoms with Gasteiger partial charge in [-0.2, -0.15) is 0 Å². The highest BCUT2D eigenvalue weighted by molar-refractivity contribution is 5.78. The number of carbonyl (C=O) groups is 2. The number of carboxylic acid groups (broad SMARTS) is 1. The van der Waals surface area contributed by atoms with Crippen LogP contribution < -0.4 is 9.47 Å². The third-order valence-corrected chi connectivity index (χ3v) is 7.93. The van der Waals surface area contributed by atoms with Gasteiger partial charge in [0.05, 0.1) is 32.3 Å². The van der Waals surface area contributed by atoms with Crippen LogP contribution in [-0.4, -0.2) is 76.2 Å². The normalized spacial score (nSPS) is 20.0. The zero-order chi connectivity index (χ0) is 29.4. The zero-order valence-corrected chi connectivity index (χ0v) is 24.0. The Morgan fingerprint density at radius 2 is 1.80 bits per heavy atom. The molecule has 2 heterocycles. The van der Waals surface area contributed by atoms with Crippen molar-refractivity contribution in [3.63, 3.8) is 0 Å². The number of aryl methyl sites for hydroxylation is 1. The number of carboxylic acids is 1. The first kappa shape index (κ1) is 30.8. The molecular formula is C31H42N2O8. The predicted octanol–water partition coefficient (Wildman–Crippen LogP) is 3.47. The number of aliphatic carboxylic acids is 1. The Labute approximate surface area is 241 Å². The number of aliphatic hydroxyl groups excluding tert-OH is 2. The van der Waals surface area contributed by atoms with Gasteiger partial charge in [-0.05, 0) is 60.9 Å². The standard InChI is InChI=1S/C31H42N2O8/c1-3-12-33(41-13-4-2)28(36)17-32-16-25(23-14-24(19-35)30-27(15-23)39-20-40-30)29(31(37)38)26(32)11-7-10-21-8-5-6-9-22(21)18-34/h5-6,8-9,14-15,25-26,29,34-35H,3-4,7,10-13,16-20H2,1-2H3,(H,37,38)/t25-,26+,29-/m1/s1. The van der Waals surface area contributed by atoms with E-state index in [4.69, 9.17) is 14.3 Å². The molecular weight excluding hydrogens is 528 g/mol. The Hall–Kier alpha value is -3.18. The summed E-state index contributed by atoms with van der Waals surface area (Å²) in [7, 11) is 0. The monoisotopic (exact) mass is 570 g/mol. The molecule has 41 heavy (non-hydrogen) atoms. The molecule has 0 spiro atoms. The van der Waals surface area contributed by atoms with Crippen LogP contribution in [0.3, 0.4) is 0 Å². The molecule has 0 bridgehead atoms. The summed E-state index contributed by atoms with van der Waals surface area (Å²) < 4.78 is 11.1. The topological polar surface area (TPSA) is 129 Å². The van der Waals surface area contributed by atoms with E-state index in [2.05, 4.69) is 0 Å². The highest BCUT2D eigenvalue weighted by Crippen LogP contribution is 2.44. The van der Waals surface area contributed by atoms with E-state index in [9.17, 15) is 24.9 Å². The van der Waals surface area contributed by atoms with Gasteiger partial charge in [-0.25, -0.2) is 5.06 Å². The second-order valence-electron chi connectivity index (χ2n) is 10.7. The van der Waals surface area contributed by atoms with E-state index in [0.717, 1.165) is 29.5 Å². The van der Waals surface area contributed by atoms with Crippen molar-refractivity contribution in [2.45, 2.75) is 71.1 Å². The molecule has 2 aromatic rings. The van der Waals surface area contributed by atoms with Crippen LogP contribution in [0.25, 0.3) is 0 Å². The van der Waals surface area contributed by atoms with Gasteiger partial charge < -0.3 is 24.8 Å². The first-order valence-electron chi connectivity index (χ1n) is 14.5. The largest absolute Gasteiger partial charge is 0.481 e. The van der Waals surface area contributed by atoms with Gasteiger partial charge in [0, 0.05) is 30.6 Å². The van der Waals surface area contributed by atoms with E-state index in [0.29, 0.717) is 56.0 Å². The number of rotatable bonds is 15. The minimum Gasteiger partial charge on any atom is -0.481 e. The second kappa shape index (κ2) is 14.6. The number of likely N-dealkylation sites (tertiary alicyclic amines) is 1. The number of hydrogen-bond acceptors (Lipinski definition) is 8. The maximum absolute atomic E-state index is 13.4. The molecule has 224 valence electrons. The molecule has 10 heteroatoms. The fraction of sp³-hybridized carbons (Fsp3) is 0.548. The van der Waals surface area contributed by atoms with Crippen LogP contribution in [-0.2, 0) is 34.1 Å². The van der Waals surface area contributed by atoms with E-state index in [1.165, 1.54) is 5.06 Å². The summed E-state index contributed by atoms with van der Waals surface area (Å²) in [6.07, 6.45) is 3.45. The molecule has 2 aromatic carbocycles. The van der Waals surface area contributed by atoms with E-state index in [1.807, 2.05) is 43.0 Å². The highest BCUT2D eigenvalue weighted by Gasteiger charge is 2.47. The number of hydroxylamine groups is 2. The molecule has 4 rings (SSSR count). The van der Waals surface area contributed by atoms with E-state index < -0.39 is 23.8 Å². The molecule has 2 aliphatic heterocycles.